The van der Waals surface area contributed by atoms with Gasteiger partial charge < -0.3 is 4.42 Å². The summed E-state index contributed by atoms with van der Waals surface area (Å²) in [6, 6.07) is 2.61. The van der Waals surface area contributed by atoms with E-state index in [0.717, 1.165) is 6.20 Å². The van der Waals surface area contributed by atoms with Crippen LogP contribution in [0.1, 0.15) is 5.76 Å². The van der Waals surface area contributed by atoms with Gasteiger partial charge in [0.15, 0.2) is 0 Å². The van der Waals surface area contributed by atoms with Gasteiger partial charge in [0.2, 0.25) is 6.08 Å². The van der Waals surface area contributed by atoms with Crippen molar-refractivity contribution in [3.8, 4) is 0 Å². The number of isocyanates is 1. The molecular weight excluding hydrogens is 176 g/mol. The Morgan fingerprint density at radius 3 is 2.92 bits per heavy atom. The van der Waals surface area contributed by atoms with Crippen LogP contribution in [0.3, 0.4) is 0 Å². The van der Waals surface area contributed by atoms with E-state index in [4.69, 9.17) is 4.42 Å². The SMILES string of the molecule is O=C=NC=Cc1ccc([N+](=O)[O-])o1. The van der Waals surface area contributed by atoms with Crippen molar-refractivity contribution in [1.82, 2.24) is 0 Å². The number of nitrogens with zero attached hydrogens (tertiary/aromatic N) is 2. The molecule has 0 aliphatic heterocycles. The van der Waals surface area contributed by atoms with Crippen LogP contribution in [-0.2, 0) is 4.79 Å². The first-order chi connectivity index (χ1) is 6.24. The summed E-state index contributed by atoms with van der Waals surface area (Å²) in [6.45, 7) is 0. The van der Waals surface area contributed by atoms with E-state index >= 15 is 0 Å². The van der Waals surface area contributed by atoms with Crippen molar-refractivity contribution in [3.05, 3.63) is 34.2 Å². The largest absolute Gasteiger partial charge is 0.433 e. The van der Waals surface area contributed by atoms with E-state index in [1.54, 1.807) is 0 Å². The van der Waals surface area contributed by atoms with E-state index < -0.39 is 4.92 Å². The smallest absolute Gasteiger partial charge is 0.401 e. The van der Waals surface area contributed by atoms with Gasteiger partial charge in [-0.3, -0.25) is 10.1 Å². The second kappa shape index (κ2) is 3.99. The maximum Gasteiger partial charge on any atom is 0.433 e. The molecule has 0 radical (unpaired) electrons. The molecule has 66 valence electrons. The molecule has 0 spiro atoms. The molecule has 0 unspecified atom stereocenters. The lowest BCUT2D eigenvalue weighted by Gasteiger charge is -1.81. The van der Waals surface area contributed by atoms with Gasteiger partial charge in [-0.1, -0.05) is 0 Å². The quantitative estimate of drug-likeness (QED) is 0.305. The molecule has 1 heterocycles. The first kappa shape index (κ1) is 8.89. The molecule has 6 nitrogen and oxygen atoms in total. The molecule has 0 fully saturated rings. The van der Waals surface area contributed by atoms with Crippen molar-refractivity contribution >= 4 is 18.0 Å². The van der Waals surface area contributed by atoms with Crippen molar-refractivity contribution in [2.24, 2.45) is 4.99 Å². The Balaban J connectivity index is 2.80. The standard InChI is InChI=1S/C7H4N2O4/c10-5-8-4-3-6-1-2-7(13-6)9(11)12/h1-4H. The number of nitro groups is 1. The van der Waals surface area contributed by atoms with Crippen LogP contribution in [0.5, 0.6) is 0 Å². The first-order valence-corrected chi connectivity index (χ1v) is 3.22. The van der Waals surface area contributed by atoms with Gasteiger partial charge in [0.1, 0.15) is 10.7 Å². The minimum atomic E-state index is -0.652. The van der Waals surface area contributed by atoms with Crippen molar-refractivity contribution in [3.63, 3.8) is 0 Å². The summed E-state index contributed by atoms with van der Waals surface area (Å²) in [5.41, 5.74) is 0. The summed E-state index contributed by atoms with van der Waals surface area (Å²) < 4.78 is 4.72. The highest BCUT2D eigenvalue weighted by Gasteiger charge is 2.09. The molecule has 0 saturated carbocycles. The van der Waals surface area contributed by atoms with Gasteiger partial charge >= 0.3 is 5.88 Å². The predicted octanol–water partition coefficient (Wildman–Crippen LogP) is 1.49. The third kappa shape index (κ3) is 2.39. The predicted molar refractivity (Wildman–Crippen MR) is 42.5 cm³/mol. The molecule has 0 aliphatic rings. The average Bonchev–Trinajstić information content (AvgIpc) is 2.53. The van der Waals surface area contributed by atoms with Crippen molar-refractivity contribution in [2.75, 3.05) is 0 Å². The van der Waals surface area contributed by atoms with E-state index in [9.17, 15) is 14.9 Å². The molecule has 1 rings (SSSR count). The highest BCUT2D eigenvalue weighted by Crippen LogP contribution is 2.16. The molecule has 0 saturated heterocycles. The monoisotopic (exact) mass is 180 g/mol. The van der Waals surface area contributed by atoms with Crippen LogP contribution in [0.4, 0.5) is 5.88 Å². The summed E-state index contributed by atoms with van der Waals surface area (Å²) in [6.07, 6.45) is 3.73. The third-order valence-corrected chi connectivity index (χ3v) is 1.16. The van der Waals surface area contributed by atoms with Crippen LogP contribution >= 0.6 is 0 Å². The lowest BCUT2D eigenvalue weighted by Crippen LogP contribution is -1.82. The van der Waals surface area contributed by atoms with Gasteiger partial charge in [-0.2, -0.15) is 4.99 Å². The Labute approximate surface area is 72.3 Å². The number of furan rings is 1. The summed E-state index contributed by atoms with van der Waals surface area (Å²) in [5, 5.41) is 10.1. The molecule has 13 heavy (non-hydrogen) atoms. The molecular formula is C7H4N2O4. The highest BCUT2D eigenvalue weighted by atomic mass is 16.6. The zero-order chi connectivity index (χ0) is 9.68. The molecule has 0 bridgehead atoms. The van der Waals surface area contributed by atoms with Crippen LogP contribution in [0, 0.1) is 10.1 Å². The van der Waals surface area contributed by atoms with Crippen LogP contribution in [-0.4, -0.2) is 11.0 Å². The van der Waals surface area contributed by atoms with Gasteiger partial charge in [-0.05, 0) is 6.07 Å². The summed E-state index contributed by atoms with van der Waals surface area (Å²) in [5.74, 6) is -0.0968. The van der Waals surface area contributed by atoms with E-state index in [-0.39, 0.29) is 11.6 Å². The van der Waals surface area contributed by atoms with Gasteiger partial charge in [-0.25, -0.2) is 4.79 Å². The fraction of sp³-hybridized carbons (Fsp3) is 0. The normalized spacial score (nSPS) is 9.85. The molecule has 0 N–H and O–H groups in total. The van der Waals surface area contributed by atoms with Gasteiger partial charge in [0.05, 0.1) is 6.07 Å². The molecule has 0 amide bonds. The topological polar surface area (TPSA) is 85.7 Å². The van der Waals surface area contributed by atoms with Gasteiger partial charge in [-0.15, -0.1) is 0 Å². The number of aliphatic imine (C=N–C) groups is 1. The number of hydrogen-bond acceptors (Lipinski definition) is 5. The van der Waals surface area contributed by atoms with E-state index in [2.05, 4.69) is 4.99 Å². The fourth-order valence-corrected chi connectivity index (χ4v) is 0.671. The minimum absolute atomic E-state index is 0.255. The van der Waals surface area contributed by atoms with Crippen LogP contribution in [0.15, 0.2) is 27.7 Å². The van der Waals surface area contributed by atoms with E-state index in [0.29, 0.717) is 0 Å². The molecule has 0 aliphatic carbocycles. The Morgan fingerprint density at radius 1 is 1.62 bits per heavy atom. The lowest BCUT2D eigenvalue weighted by atomic mass is 10.4. The van der Waals surface area contributed by atoms with Crippen LogP contribution < -0.4 is 0 Å². The fourth-order valence-electron chi connectivity index (χ4n) is 0.671. The molecule has 1 aromatic heterocycles. The van der Waals surface area contributed by atoms with Crippen molar-refractivity contribution in [1.29, 1.82) is 0 Å². The van der Waals surface area contributed by atoms with E-state index in [1.165, 1.54) is 24.3 Å². The maximum atomic E-state index is 10.1. The third-order valence-electron chi connectivity index (χ3n) is 1.16. The van der Waals surface area contributed by atoms with Gasteiger partial charge in [0.25, 0.3) is 0 Å². The zero-order valence-electron chi connectivity index (χ0n) is 6.34. The van der Waals surface area contributed by atoms with Crippen LogP contribution in [0.25, 0.3) is 6.08 Å². The van der Waals surface area contributed by atoms with E-state index in [1.807, 2.05) is 0 Å². The highest BCUT2D eigenvalue weighted by molar-refractivity contribution is 5.46. The second-order valence-electron chi connectivity index (χ2n) is 1.97. The Bertz CT molecular complexity index is 387. The number of carbonyl (C=O) groups excluding carboxylic acids is 1. The average molecular weight is 180 g/mol. The summed E-state index contributed by atoms with van der Waals surface area (Å²) >= 11 is 0. The van der Waals surface area contributed by atoms with Crippen LogP contribution in [0.2, 0.25) is 0 Å². The van der Waals surface area contributed by atoms with Crippen molar-refractivity contribution < 1.29 is 14.1 Å². The Hall–Kier alpha value is -2.20. The lowest BCUT2D eigenvalue weighted by molar-refractivity contribution is -0.402. The van der Waals surface area contributed by atoms with Crippen molar-refractivity contribution in [2.45, 2.75) is 0 Å². The minimum Gasteiger partial charge on any atom is -0.401 e. The number of hydrogen-bond donors (Lipinski definition) is 0. The second-order valence-corrected chi connectivity index (χ2v) is 1.97. The molecule has 0 aromatic carbocycles. The molecule has 1 aromatic rings. The Morgan fingerprint density at radius 2 is 2.38 bits per heavy atom. The molecule has 0 atom stereocenters. The first-order valence-electron chi connectivity index (χ1n) is 3.22. The number of rotatable bonds is 3. The maximum absolute atomic E-state index is 10.1. The summed E-state index contributed by atoms with van der Waals surface area (Å²) in [4.78, 5) is 22.2. The van der Waals surface area contributed by atoms with Gasteiger partial charge in [0, 0.05) is 12.3 Å². The molecule has 6 heteroatoms. The Kier molecular flexibility index (Phi) is 2.73. The zero-order valence-corrected chi connectivity index (χ0v) is 6.34. The summed E-state index contributed by atoms with van der Waals surface area (Å²) in [7, 11) is 0.